The lowest BCUT2D eigenvalue weighted by Gasteiger charge is -2.18. The number of benzene rings is 21. The van der Waals surface area contributed by atoms with Crippen LogP contribution in [0.15, 0.2) is 569 Å². The fourth-order valence-corrected chi connectivity index (χ4v) is 18.4. The summed E-state index contributed by atoms with van der Waals surface area (Å²) in [5.74, 6) is 0. The van der Waals surface area contributed by atoms with E-state index < -0.39 is 0 Å². The topological polar surface area (TPSA) is 0 Å². The van der Waals surface area contributed by atoms with E-state index in [9.17, 15) is 0 Å². The average Bonchev–Trinajstić information content (AvgIpc) is 0.778. The summed E-state index contributed by atoms with van der Waals surface area (Å²) in [6, 6.07) is 179. The number of hydrogen-bond acceptors (Lipinski definition) is 0. The SMILES string of the molecule is C=C(c1cc(C(=C)c2cccc3ccccc23)cc(C(=C)c2cccc3ccccc23)c1)c1cccc2ccccc12.C=C(c1ccc(-c2ccccc2)cc1)c1cc(C(=C)c2ccc(-c3ccccc3)cc2)cc(C(=C)c2ccc(-c3ccccc3)cc2)c1.C=C(c1ccccc1)c1ccc(-c2cc(-c3ccc(C(=C)c4ccccc4)cc3)cc(-c3ccc(C(=C)c4ccccc4)cc3)c2)cc1. The van der Waals surface area contributed by atoms with Crippen LogP contribution in [-0.4, -0.2) is 0 Å². The maximum Gasteiger partial charge on any atom is -0.0105 e. The standard InChI is InChI=1S/2C48H36.C42H30/c1-34(37-19-25-43(26-20-37)40-13-7-4-8-14-40)46-31-47(35(2)38-21-27-44(28-22-38)41-15-9-5-10-16-41)33-48(32-46)36(3)39-23-29-45(30-24-39)42-17-11-6-12-18-42;1-34(37-13-7-4-8-14-37)40-19-25-43(26-20-40)46-31-47(44-27-21-41(22-28-44)35(2)38-15-9-5-10-16-38)33-48(32-46)45-29-23-42(24-30-45)36(3)39-17-11-6-12-18-39;1-28(37-22-10-16-31-13-4-7-19-40(31)37)34-25-35(29(2)38-23-11-17-32-14-5-8-20-41(32)38)27-36(26-34)30(3)39-24-12-18-33-15-6-9-21-42(33)39/h2*4-33H,1-3H2;4-27H,1-3H2. The Morgan fingerprint density at radius 2 is 0.254 bits per heavy atom. The number of rotatable bonds is 24. The molecule has 21 rings (SSSR count). The van der Waals surface area contributed by atoms with Crippen LogP contribution in [0.2, 0.25) is 0 Å². The lowest BCUT2D eigenvalue weighted by Crippen LogP contribution is -1.97. The highest BCUT2D eigenvalue weighted by Gasteiger charge is 2.20. The Balaban J connectivity index is 0.000000133. The molecule has 0 atom stereocenters. The van der Waals surface area contributed by atoms with Crippen LogP contribution >= 0.6 is 0 Å². The molecule has 0 heteroatoms. The first-order valence-corrected chi connectivity index (χ1v) is 46.7. The molecule has 21 aromatic carbocycles. The monoisotopic (exact) mass is 1760 g/mol. The van der Waals surface area contributed by atoms with Crippen molar-refractivity contribution in [2.45, 2.75) is 0 Å². The first-order valence-electron chi connectivity index (χ1n) is 46.7. The predicted molar refractivity (Wildman–Crippen MR) is 596 cm³/mol. The van der Waals surface area contributed by atoms with Crippen LogP contribution in [0.1, 0.15) is 100 Å². The molecule has 0 spiro atoms. The molecule has 0 aliphatic carbocycles. The van der Waals surface area contributed by atoms with Gasteiger partial charge in [0, 0.05) is 0 Å². The predicted octanol–water partition coefficient (Wildman–Crippen LogP) is 37.1. The molecule has 654 valence electrons. The van der Waals surface area contributed by atoms with E-state index in [1.54, 1.807) is 0 Å². The molecule has 0 bridgehead atoms. The van der Waals surface area contributed by atoms with Crippen molar-refractivity contribution in [2.75, 3.05) is 0 Å². The highest BCUT2D eigenvalue weighted by Crippen LogP contribution is 2.43. The fraction of sp³-hybridized carbons (Fsp3) is 0. The molecule has 0 N–H and O–H groups in total. The van der Waals surface area contributed by atoms with E-state index in [2.05, 4.69) is 532 Å². The van der Waals surface area contributed by atoms with E-state index in [0.717, 1.165) is 184 Å². The summed E-state index contributed by atoms with van der Waals surface area (Å²) in [7, 11) is 0. The molecule has 0 aromatic heterocycles. The van der Waals surface area contributed by atoms with Gasteiger partial charge in [-0.3, -0.25) is 0 Å². The van der Waals surface area contributed by atoms with Crippen molar-refractivity contribution in [1.29, 1.82) is 0 Å². The van der Waals surface area contributed by atoms with Gasteiger partial charge in [0.15, 0.2) is 0 Å². The molecule has 0 aliphatic rings. The zero-order valence-corrected chi connectivity index (χ0v) is 77.4. The van der Waals surface area contributed by atoms with Crippen molar-refractivity contribution >= 4 is 82.5 Å². The third-order valence-corrected chi connectivity index (χ3v) is 26.3. The van der Waals surface area contributed by atoms with E-state index >= 15 is 0 Å². The Morgan fingerprint density at radius 3 is 0.471 bits per heavy atom. The van der Waals surface area contributed by atoms with Gasteiger partial charge in [0.2, 0.25) is 0 Å². The summed E-state index contributed by atoms with van der Waals surface area (Å²) in [4.78, 5) is 0. The van der Waals surface area contributed by atoms with E-state index in [4.69, 9.17) is 0 Å². The zero-order valence-electron chi connectivity index (χ0n) is 77.4. The summed E-state index contributed by atoms with van der Waals surface area (Å²) in [5.41, 5.74) is 42.6. The molecule has 0 saturated heterocycles. The van der Waals surface area contributed by atoms with E-state index in [0.29, 0.717) is 0 Å². The van der Waals surface area contributed by atoms with Gasteiger partial charge in [-0.05, 0) is 304 Å². The van der Waals surface area contributed by atoms with Gasteiger partial charge in [0.05, 0.1) is 0 Å². The van der Waals surface area contributed by atoms with Crippen molar-refractivity contribution in [1.82, 2.24) is 0 Å². The first kappa shape index (κ1) is 89.3. The molecule has 21 aromatic rings. The van der Waals surface area contributed by atoms with Gasteiger partial charge in [0.1, 0.15) is 0 Å². The van der Waals surface area contributed by atoms with Crippen LogP contribution in [0.3, 0.4) is 0 Å². The number of fused-ring (bicyclic) bond motifs is 3. The van der Waals surface area contributed by atoms with Crippen molar-refractivity contribution in [3.63, 3.8) is 0 Å². The zero-order chi connectivity index (χ0) is 94.4. The van der Waals surface area contributed by atoms with Crippen molar-refractivity contribution in [3.05, 3.63) is 669 Å². The van der Waals surface area contributed by atoms with Gasteiger partial charge in [0.25, 0.3) is 0 Å². The van der Waals surface area contributed by atoms with Crippen LogP contribution in [0.5, 0.6) is 0 Å². The van der Waals surface area contributed by atoms with E-state index in [-0.39, 0.29) is 0 Å². The Hall–Kier alpha value is -17.9. The average molecular weight is 1760 g/mol. The van der Waals surface area contributed by atoms with Gasteiger partial charge in [-0.2, -0.15) is 0 Å². The van der Waals surface area contributed by atoms with Crippen LogP contribution in [0.25, 0.3) is 149 Å². The molecule has 0 radical (unpaired) electrons. The second kappa shape index (κ2) is 41.1. The quantitative estimate of drug-likeness (QED) is 0.0566. The third-order valence-electron chi connectivity index (χ3n) is 26.3. The van der Waals surface area contributed by atoms with Crippen molar-refractivity contribution in [3.8, 4) is 66.8 Å². The molecule has 0 heterocycles. The normalized spacial score (nSPS) is 10.9. The lowest BCUT2D eigenvalue weighted by atomic mass is 9.86. The summed E-state index contributed by atoms with van der Waals surface area (Å²) >= 11 is 0. The van der Waals surface area contributed by atoms with Gasteiger partial charge >= 0.3 is 0 Å². The maximum absolute atomic E-state index is 4.63. The second-order valence-corrected chi connectivity index (χ2v) is 34.9. The Kier molecular flexibility index (Phi) is 26.6. The summed E-state index contributed by atoms with van der Waals surface area (Å²) in [5, 5.41) is 7.18. The molecule has 0 amide bonds. The molecular formula is C138H102. The van der Waals surface area contributed by atoms with Gasteiger partial charge in [-0.25, -0.2) is 0 Å². The van der Waals surface area contributed by atoms with Gasteiger partial charge in [-0.15, -0.1) is 0 Å². The summed E-state index contributed by atoms with van der Waals surface area (Å²) in [6.45, 7) is 40.7. The molecule has 138 heavy (non-hydrogen) atoms. The summed E-state index contributed by atoms with van der Waals surface area (Å²) < 4.78 is 0. The minimum Gasteiger partial charge on any atom is -0.0906 e. The maximum atomic E-state index is 4.63. The van der Waals surface area contributed by atoms with Crippen LogP contribution in [0, 0.1) is 0 Å². The molecule has 0 nitrogen and oxygen atoms in total. The van der Waals surface area contributed by atoms with Crippen molar-refractivity contribution < 1.29 is 0 Å². The van der Waals surface area contributed by atoms with E-state index in [1.165, 1.54) is 65.7 Å². The Bertz CT molecular complexity index is 7320. The van der Waals surface area contributed by atoms with Crippen LogP contribution in [-0.2, 0) is 0 Å². The fourth-order valence-electron chi connectivity index (χ4n) is 18.4. The highest BCUT2D eigenvalue weighted by atomic mass is 14.2. The largest absolute Gasteiger partial charge is 0.0906 e. The molecule has 0 aliphatic heterocycles. The molecule has 0 saturated carbocycles. The second-order valence-electron chi connectivity index (χ2n) is 34.9. The Morgan fingerprint density at radius 1 is 0.101 bits per heavy atom. The van der Waals surface area contributed by atoms with Crippen LogP contribution < -0.4 is 0 Å². The highest BCUT2D eigenvalue weighted by molar-refractivity contribution is 6.04. The Labute approximate surface area is 812 Å². The molecule has 0 unspecified atom stereocenters. The van der Waals surface area contributed by atoms with E-state index in [1.807, 2.05) is 36.4 Å². The van der Waals surface area contributed by atoms with Crippen LogP contribution in [0.4, 0.5) is 0 Å². The third kappa shape index (κ3) is 19.9. The minimum atomic E-state index is 0.956. The first-order chi connectivity index (χ1) is 67.6. The summed E-state index contributed by atoms with van der Waals surface area (Å²) in [6.07, 6.45) is 0. The molecular weight excluding hydrogens is 1660 g/mol. The van der Waals surface area contributed by atoms with Gasteiger partial charge < -0.3 is 0 Å². The number of hydrogen-bond donors (Lipinski definition) is 0. The lowest BCUT2D eigenvalue weighted by molar-refractivity contribution is 1.47. The minimum absolute atomic E-state index is 0.956. The van der Waals surface area contributed by atoms with Gasteiger partial charge in [-0.1, -0.05) is 514 Å². The smallest absolute Gasteiger partial charge is 0.0105 e. The molecule has 0 fully saturated rings. The van der Waals surface area contributed by atoms with Crippen molar-refractivity contribution in [2.24, 2.45) is 0 Å².